The molecule has 1 heterocycles. The van der Waals surface area contributed by atoms with Crippen molar-refractivity contribution in [3.05, 3.63) is 88.1 Å². The molecular formula is C28H29NO5. The van der Waals surface area contributed by atoms with Crippen LogP contribution < -0.4 is 25.0 Å². The summed E-state index contributed by atoms with van der Waals surface area (Å²) in [6.45, 7) is 3.60. The first kappa shape index (κ1) is 23.4. The number of para-hydroxylation sites is 1. The molecule has 1 aromatic heterocycles. The van der Waals surface area contributed by atoms with Crippen LogP contribution in [0.4, 0.5) is 0 Å². The second kappa shape index (κ2) is 10.9. The van der Waals surface area contributed by atoms with Gasteiger partial charge >= 0.3 is 0 Å². The highest BCUT2D eigenvalue weighted by molar-refractivity contribution is 5.85. The number of hydrogen-bond donors (Lipinski definition) is 1. The van der Waals surface area contributed by atoms with Crippen molar-refractivity contribution in [3.8, 4) is 28.6 Å². The minimum Gasteiger partial charge on any atom is -0.496 e. The maximum absolute atomic E-state index is 13.0. The molecule has 3 aromatic carbocycles. The van der Waals surface area contributed by atoms with E-state index in [1.807, 2.05) is 60.7 Å². The lowest BCUT2D eigenvalue weighted by molar-refractivity contribution is 0.313. The van der Waals surface area contributed by atoms with E-state index in [0.717, 1.165) is 35.6 Å². The highest BCUT2D eigenvalue weighted by Crippen LogP contribution is 2.31. The van der Waals surface area contributed by atoms with Crippen molar-refractivity contribution in [3.63, 3.8) is 0 Å². The summed E-state index contributed by atoms with van der Waals surface area (Å²) in [5.74, 6) is 2.75. The van der Waals surface area contributed by atoms with Gasteiger partial charge in [0.1, 0.15) is 23.9 Å². The number of nitrogens with one attached hydrogen (secondary N) is 1. The van der Waals surface area contributed by atoms with Gasteiger partial charge in [-0.1, -0.05) is 42.5 Å². The molecule has 34 heavy (non-hydrogen) atoms. The topological polar surface area (TPSA) is 69.9 Å². The number of fused-ring (bicyclic) bond motifs is 1. The van der Waals surface area contributed by atoms with E-state index in [1.54, 1.807) is 27.2 Å². The number of methoxy groups -OCH3 is 2. The summed E-state index contributed by atoms with van der Waals surface area (Å²) in [5.41, 5.74) is 2.90. The highest BCUT2D eigenvalue weighted by Gasteiger charge is 2.15. The van der Waals surface area contributed by atoms with Crippen LogP contribution in [0.25, 0.3) is 22.3 Å². The summed E-state index contributed by atoms with van der Waals surface area (Å²) < 4.78 is 23.1. The van der Waals surface area contributed by atoms with Crippen molar-refractivity contribution in [2.24, 2.45) is 0 Å². The van der Waals surface area contributed by atoms with Crippen LogP contribution in [0.15, 0.2) is 75.9 Å². The van der Waals surface area contributed by atoms with Gasteiger partial charge in [-0.25, -0.2) is 0 Å². The lowest BCUT2D eigenvalue weighted by Gasteiger charge is -2.14. The molecule has 6 nitrogen and oxygen atoms in total. The Bertz CT molecular complexity index is 1290. The fraction of sp³-hybridized carbons (Fsp3) is 0.250. The van der Waals surface area contributed by atoms with Crippen LogP contribution in [0.2, 0.25) is 0 Å². The van der Waals surface area contributed by atoms with Gasteiger partial charge in [-0.15, -0.1) is 0 Å². The number of benzene rings is 3. The molecule has 176 valence electrons. The fourth-order valence-electron chi connectivity index (χ4n) is 4.01. The Kier molecular flexibility index (Phi) is 7.50. The third-order valence-corrected chi connectivity index (χ3v) is 5.76. The predicted molar refractivity (Wildman–Crippen MR) is 134 cm³/mol. The molecule has 0 fully saturated rings. The van der Waals surface area contributed by atoms with Gasteiger partial charge in [0.2, 0.25) is 0 Å². The Morgan fingerprint density at radius 1 is 0.824 bits per heavy atom. The average Bonchev–Trinajstić information content (AvgIpc) is 2.88. The van der Waals surface area contributed by atoms with Crippen molar-refractivity contribution in [2.45, 2.75) is 13.3 Å². The first-order valence-corrected chi connectivity index (χ1v) is 11.3. The predicted octanol–water partition coefficient (Wildman–Crippen LogP) is 5.00. The standard InChI is InChI=1S/C28H29NO5/c1-19-26(30)22-11-7-14-25(28(22)34-27(19)20-9-5-4-6-10-20)33-18-17-29-16-15-21-23(31-2)12-8-13-24(21)32-3/h4-14,29H,15-18H2,1-3H3. The maximum atomic E-state index is 13.0. The van der Waals surface area contributed by atoms with Crippen LogP contribution in [0.5, 0.6) is 17.2 Å². The molecule has 0 atom stereocenters. The summed E-state index contributed by atoms with van der Waals surface area (Å²) in [7, 11) is 3.32. The Hall–Kier alpha value is -3.77. The molecule has 4 aromatic rings. The molecule has 0 bridgehead atoms. The molecule has 0 aliphatic rings. The fourth-order valence-corrected chi connectivity index (χ4v) is 4.01. The third-order valence-electron chi connectivity index (χ3n) is 5.76. The highest BCUT2D eigenvalue weighted by atomic mass is 16.5. The zero-order valence-electron chi connectivity index (χ0n) is 19.7. The van der Waals surface area contributed by atoms with Gasteiger partial charge in [-0.05, 0) is 44.2 Å². The van der Waals surface area contributed by atoms with Crippen LogP contribution in [0.1, 0.15) is 11.1 Å². The van der Waals surface area contributed by atoms with Crippen LogP contribution in [0.3, 0.4) is 0 Å². The molecule has 0 spiro atoms. The minimum absolute atomic E-state index is 0.0468. The Balaban J connectivity index is 1.43. The monoisotopic (exact) mass is 459 g/mol. The van der Waals surface area contributed by atoms with Crippen molar-refractivity contribution in [2.75, 3.05) is 33.9 Å². The normalized spacial score (nSPS) is 10.9. The van der Waals surface area contributed by atoms with E-state index in [2.05, 4.69) is 5.32 Å². The summed E-state index contributed by atoms with van der Waals surface area (Å²) in [4.78, 5) is 13.0. The minimum atomic E-state index is -0.0468. The zero-order valence-corrected chi connectivity index (χ0v) is 19.7. The average molecular weight is 460 g/mol. The molecule has 0 saturated heterocycles. The number of ether oxygens (including phenoxy) is 3. The number of rotatable bonds is 10. The molecule has 6 heteroatoms. The molecular weight excluding hydrogens is 430 g/mol. The van der Waals surface area contributed by atoms with Crippen molar-refractivity contribution < 1.29 is 18.6 Å². The molecule has 0 aliphatic heterocycles. The smallest absolute Gasteiger partial charge is 0.196 e. The van der Waals surface area contributed by atoms with Gasteiger partial charge in [0.25, 0.3) is 0 Å². The van der Waals surface area contributed by atoms with Gasteiger partial charge in [-0.2, -0.15) is 0 Å². The largest absolute Gasteiger partial charge is 0.496 e. The molecule has 4 rings (SSSR count). The Morgan fingerprint density at radius 2 is 1.50 bits per heavy atom. The molecule has 0 unspecified atom stereocenters. The first-order valence-electron chi connectivity index (χ1n) is 11.3. The van der Waals surface area contributed by atoms with E-state index in [9.17, 15) is 4.79 Å². The van der Waals surface area contributed by atoms with Crippen molar-refractivity contribution in [1.82, 2.24) is 5.32 Å². The summed E-state index contributed by atoms with van der Waals surface area (Å²) >= 11 is 0. The van der Waals surface area contributed by atoms with Gasteiger partial charge < -0.3 is 23.9 Å². The molecule has 0 radical (unpaired) electrons. The van der Waals surface area contributed by atoms with Gasteiger partial charge in [0.05, 0.1) is 19.6 Å². The van der Waals surface area contributed by atoms with E-state index in [1.165, 1.54) is 0 Å². The third kappa shape index (κ3) is 4.92. The second-order valence-corrected chi connectivity index (χ2v) is 7.87. The molecule has 0 saturated carbocycles. The lowest BCUT2D eigenvalue weighted by Crippen LogP contribution is -2.23. The van der Waals surface area contributed by atoms with Crippen LogP contribution in [0, 0.1) is 6.92 Å². The van der Waals surface area contributed by atoms with E-state index >= 15 is 0 Å². The Morgan fingerprint density at radius 3 is 2.21 bits per heavy atom. The second-order valence-electron chi connectivity index (χ2n) is 7.87. The van der Waals surface area contributed by atoms with Crippen LogP contribution in [-0.2, 0) is 6.42 Å². The number of hydrogen-bond acceptors (Lipinski definition) is 6. The van der Waals surface area contributed by atoms with E-state index in [4.69, 9.17) is 18.6 Å². The van der Waals surface area contributed by atoms with E-state index < -0.39 is 0 Å². The van der Waals surface area contributed by atoms with Crippen molar-refractivity contribution >= 4 is 11.0 Å². The summed E-state index contributed by atoms with van der Waals surface area (Å²) in [5, 5.41) is 3.90. The summed E-state index contributed by atoms with van der Waals surface area (Å²) in [6.07, 6.45) is 0.760. The van der Waals surface area contributed by atoms with E-state index in [-0.39, 0.29) is 5.43 Å². The molecule has 0 aliphatic carbocycles. The van der Waals surface area contributed by atoms with Crippen LogP contribution in [-0.4, -0.2) is 33.9 Å². The molecule has 0 amide bonds. The van der Waals surface area contributed by atoms with Gasteiger partial charge in [0, 0.05) is 23.2 Å². The zero-order chi connectivity index (χ0) is 23.9. The van der Waals surface area contributed by atoms with Gasteiger partial charge in [-0.3, -0.25) is 4.79 Å². The molecule has 1 N–H and O–H groups in total. The maximum Gasteiger partial charge on any atom is 0.196 e. The van der Waals surface area contributed by atoms with Crippen LogP contribution >= 0.6 is 0 Å². The summed E-state index contributed by atoms with van der Waals surface area (Å²) in [6, 6.07) is 20.8. The van der Waals surface area contributed by atoms with Gasteiger partial charge in [0.15, 0.2) is 16.8 Å². The lowest BCUT2D eigenvalue weighted by atomic mass is 10.1. The Labute approximate surface area is 199 Å². The SMILES string of the molecule is COc1cccc(OC)c1CCNCCOc1cccc2c(=O)c(C)c(-c3ccccc3)oc12. The quantitative estimate of drug-likeness (QED) is 0.337. The van der Waals surface area contributed by atoms with Crippen molar-refractivity contribution in [1.29, 1.82) is 0 Å². The first-order chi connectivity index (χ1) is 16.6. The van der Waals surface area contributed by atoms with E-state index in [0.29, 0.717) is 41.2 Å².